The number of hydrogen-bond donors (Lipinski definition) is 2. The fraction of sp³-hybridized carbons (Fsp3) is 0.909. The number of rotatable bonds is 7. The summed E-state index contributed by atoms with van der Waals surface area (Å²) in [7, 11) is -0.898. The van der Waals surface area contributed by atoms with Crippen LogP contribution in [0.4, 0.5) is 0 Å². The lowest BCUT2D eigenvalue weighted by Crippen LogP contribution is -2.41. The first-order valence-electron chi connectivity index (χ1n) is 11.6. The minimum atomic E-state index is -1.78. The Balaban J connectivity index is 1.74. The third-order valence-electron chi connectivity index (χ3n) is 8.58. The normalized spacial score (nSPS) is 31.8. The van der Waals surface area contributed by atoms with Crippen molar-refractivity contribution < 1.29 is 38.4 Å². The fourth-order valence-corrected chi connectivity index (χ4v) is 5.11. The lowest BCUT2D eigenvalue weighted by atomic mass is 9.70. The first-order chi connectivity index (χ1) is 14.4. The van der Waals surface area contributed by atoms with Crippen molar-refractivity contribution in [3.05, 3.63) is 0 Å². The highest BCUT2D eigenvalue weighted by Gasteiger charge is 2.59. The molecule has 0 unspecified atom stereocenters. The first-order valence-corrected chi connectivity index (χ1v) is 11.6. The molecule has 3 aliphatic rings. The predicted octanol–water partition coefficient (Wildman–Crippen LogP) is 3.74. The molecule has 2 N–H and O–H groups in total. The molecule has 2 heterocycles. The highest BCUT2D eigenvalue weighted by Crippen LogP contribution is 2.52. The van der Waals surface area contributed by atoms with Crippen LogP contribution in [0.2, 0.25) is 12.6 Å². The summed E-state index contributed by atoms with van der Waals surface area (Å²) in [6.45, 7) is 15.8. The van der Waals surface area contributed by atoms with Crippen LogP contribution in [0.15, 0.2) is 0 Å². The van der Waals surface area contributed by atoms with E-state index in [1.165, 1.54) is 0 Å². The molecular formula is C22H38B2O8. The molecule has 0 radical (unpaired) electrons. The van der Waals surface area contributed by atoms with Crippen molar-refractivity contribution in [1.29, 1.82) is 0 Å². The third kappa shape index (κ3) is 4.35. The van der Waals surface area contributed by atoms with E-state index in [0.717, 1.165) is 0 Å². The fourth-order valence-electron chi connectivity index (χ4n) is 5.11. The molecule has 32 heavy (non-hydrogen) atoms. The van der Waals surface area contributed by atoms with Crippen LogP contribution in [-0.2, 0) is 28.2 Å². The molecule has 2 aliphatic heterocycles. The zero-order chi connectivity index (χ0) is 24.3. The van der Waals surface area contributed by atoms with Crippen molar-refractivity contribution in [3.8, 4) is 0 Å². The highest BCUT2D eigenvalue weighted by atomic mass is 16.7. The summed E-state index contributed by atoms with van der Waals surface area (Å²) in [5.74, 6) is -2.82. The van der Waals surface area contributed by atoms with Gasteiger partial charge in [0.05, 0.1) is 22.4 Å². The van der Waals surface area contributed by atoms with Gasteiger partial charge >= 0.3 is 26.2 Å². The molecule has 2 saturated heterocycles. The van der Waals surface area contributed by atoms with Gasteiger partial charge in [-0.2, -0.15) is 0 Å². The zero-order valence-electron chi connectivity index (χ0n) is 20.7. The van der Waals surface area contributed by atoms with E-state index >= 15 is 0 Å². The second kappa shape index (κ2) is 8.00. The molecule has 10 heteroatoms. The van der Waals surface area contributed by atoms with Crippen molar-refractivity contribution in [3.63, 3.8) is 0 Å². The van der Waals surface area contributed by atoms with Gasteiger partial charge in [-0.15, -0.1) is 0 Å². The Bertz CT molecular complexity index is 717. The van der Waals surface area contributed by atoms with Crippen molar-refractivity contribution >= 4 is 26.2 Å². The summed E-state index contributed by atoms with van der Waals surface area (Å²) < 4.78 is 24.4. The maximum absolute atomic E-state index is 12.0. The standard InChI is InChI=1S/C22H38B2O8/c1-18(2)19(3,4)30-23(29-18)10-9-14-11-22(16(25)26,17(27)28)12-15(14)13-24-31-20(5,6)21(7,8)32-24/h14-15H,9-13H2,1-8H3,(H,25,26)(H,27,28)/t14-,15+/m0/s1. The van der Waals surface area contributed by atoms with Gasteiger partial charge in [0.1, 0.15) is 0 Å². The molecule has 0 amide bonds. The lowest BCUT2D eigenvalue weighted by molar-refractivity contribution is -0.164. The van der Waals surface area contributed by atoms with Gasteiger partial charge in [0.15, 0.2) is 5.41 Å². The number of hydrogen-bond acceptors (Lipinski definition) is 6. The summed E-state index contributed by atoms with van der Waals surface area (Å²) in [6.07, 6.45) is 1.80. The first kappa shape index (κ1) is 25.5. The van der Waals surface area contributed by atoms with Crippen molar-refractivity contribution in [2.24, 2.45) is 17.3 Å². The van der Waals surface area contributed by atoms with Gasteiger partial charge in [0.2, 0.25) is 0 Å². The molecule has 1 aliphatic carbocycles. The van der Waals surface area contributed by atoms with Crippen molar-refractivity contribution in [2.75, 3.05) is 0 Å². The van der Waals surface area contributed by atoms with Crippen molar-refractivity contribution in [1.82, 2.24) is 0 Å². The maximum Gasteiger partial charge on any atom is 0.458 e. The van der Waals surface area contributed by atoms with Crippen molar-refractivity contribution in [2.45, 2.75) is 110 Å². The Morgan fingerprint density at radius 2 is 1.09 bits per heavy atom. The summed E-state index contributed by atoms with van der Waals surface area (Å²) in [5.41, 5.74) is -3.66. The molecule has 180 valence electrons. The Kier molecular flexibility index (Phi) is 6.38. The second-order valence-corrected chi connectivity index (χ2v) is 11.8. The summed E-state index contributed by atoms with van der Waals surface area (Å²) >= 11 is 0. The van der Waals surface area contributed by atoms with Crippen LogP contribution < -0.4 is 0 Å². The van der Waals surface area contributed by atoms with E-state index in [-0.39, 0.29) is 24.7 Å². The van der Waals surface area contributed by atoms with E-state index in [4.69, 9.17) is 18.6 Å². The van der Waals surface area contributed by atoms with Crippen LogP contribution in [0.3, 0.4) is 0 Å². The average Bonchev–Trinajstić information content (AvgIpc) is 3.14. The number of carboxylic acid groups (broad SMARTS) is 2. The Labute approximate surface area is 192 Å². The van der Waals surface area contributed by atoms with E-state index in [0.29, 0.717) is 19.1 Å². The molecule has 2 atom stereocenters. The maximum atomic E-state index is 12.0. The Hall–Kier alpha value is -1.09. The van der Waals surface area contributed by atoms with E-state index < -0.39 is 54.0 Å². The van der Waals surface area contributed by atoms with Crippen LogP contribution in [0.5, 0.6) is 0 Å². The molecule has 1 saturated carbocycles. The molecule has 3 rings (SSSR count). The molecular weight excluding hydrogens is 414 g/mol. The largest absolute Gasteiger partial charge is 0.480 e. The quantitative estimate of drug-likeness (QED) is 0.444. The predicted molar refractivity (Wildman–Crippen MR) is 120 cm³/mol. The summed E-state index contributed by atoms with van der Waals surface area (Å²) in [6, 6.07) is 0. The monoisotopic (exact) mass is 452 g/mol. The zero-order valence-corrected chi connectivity index (χ0v) is 20.7. The Morgan fingerprint density at radius 3 is 1.50 bits per heavy atom. The second-order valence-electron chi connectivity index (χ2n) is 11.8. The van der Waals surface area contributed by atoms with Crippen LogP contribution in [-0.4, -0.2) is 58.8 Å². The molecule has 8 nitrogen and oxygen atoms in total. The van der Waals surface area contributed by atoms with Gasteiger partial charge < -0.3 is 28.8 Å². The molecule has 0 bridgehead atoms. The molecule has 0 aromatic heterocycles. The third-order valence-corrected chi connectivity index (χ3v) is 8.58. The molecule has 3 fully saturated rings. The smallest absolute Gasteiger partial charge is 0.458 e. The minimum Gasteiger partial charge on any atom is -0.480 e. The van der Waals surface area contributed by atoms with Crippen LogP contribution in [0, 0.1) is 17.3 Å². The highest BCUT2D eigenvalue weighted by molar-refractivity contribution is 6.46. The summed E-state index contributed by atoms with van der Waals surface area (Å²) in [4.78, 5) is 24.1. The van der Waals surface area contributed by atoms with Crippen LogP contribution in [0.1, 0.15) is 74.7 Å². The topological polar surface area (TPSA) is 112 Å². The number of aliphatic carboxylic acids is 2. The molecule has 0 spiro atoms. The SMILES string of the molecule is CC1(C)OB(CC[C@H]2CC(C(=O)O)(C(=O)O)C[C@@H]2CB2OC(C)(C)C(C)(C)O2)OC1(C)C. The minimum absolute atomic E-state index is 0.0653. The lowest BCUT2D eigenvalue weighted by Gasteiger charge is -2.32. The van der Waals surface area contributed by atoms with Crippen LogP contribution in [0.25, 0.3) is 0 Å². The van der Waals surface area contributed by atoms with Gasteiger partial charge in [-0.25, -0.2) is 0 Å². The molecule has 0 aromatic rings. The van der Waals surface area contributed by atoms with Gasteiger partial charge in [-0.3, -0.25) is 9.59 Å². The summed E-state index contributed by atoms with van der Waals surface area (Å²) in [5, 5.41) is 19.6. The molecule has 0 aromatic carbocycles. The van der Waals surface area contributed by atoms with Gasteiger partial charge in [0, 0.05) is 0 Å². The number of carboxylic acids is 2. The average molecular weight is 452 g/mol. The van der Waals surface area contributed by atoms with E-state index in [9.17, 15) is 19.8 Å². The van der Waals surface area contributed by atoms with Gasteiger partial charge in [-0.1, -0.05) is 6.42 Å². The van der Waals surface area contributed by atoms with Gasteiger partial charge in [0.25, 0.3) is 0 Å². The van der Waals surface area contributed by atoms with E-state index in [2.05, 4.69) is 0 Å². The van der Waals surface area contributed by atoms with Crippen LogP contribution >= 0.6 is 0 Å². The Morgan fingerprint density at radius 1 is 0.719 bits per heavy atom. The van der Waals surface area contributed by atoms with E-state index in [1.807, 2.05) is 55.4 Å². The van der Waals surface area contributed by atoms with E-state index in [1.54, 1.807) is 0 Å². The number of carbonyl (C=O) groups is 2. The van der Waals surface area contributed by atoms with Gasteiger partial charge in [-0.05, 0) is 92.7 Å².